The average Bonchev–Trinajstić information content (AvgIpc) is 2.37. The SMILES string of the molecule is C=CC(C)(C)c1cc(C(C)(C)C)cc(C(C)(C)C=C)c1Br. The molecule has 0 saturated carbocycles. The van der Waals surface area contributed by atoms with Crippen LogP contribution in [0, 0.1) is 0 Å². The molecule has 0 saturated heterocycles. The minimum absolute atomic E-state index is 0.0773. The molecule has 0 spiro atoms. The molecule has 0 atom stereocenters. The Hall–Kier alpha value is -0.820. The van der Waals surface area contributed by atoms with Crippen molar-refractivity contribution >= 4 is 15.9 Å². The Kier molecular flexibility index (Phi) is 5.00. The summed E-state index contributed by atoms with van der Waals surface area (Å²) in [4.78, 5) is 0. The molecule has 0 aliphatic carbocycles. The zero-order chi connectivity index (χ0) is 16.6. The van der Waals surface area contributed by atoms with Crippen LogP contribution in [0.3, 0.4) is 0 Å². The second kappa shape index (κ2) is 5.76. The quantitative estimate of drug-likeness (QED) is 0.532. The van der Waals surface area contributed by atoms with Gasteiger partial charge in [0.2, 0.25) is 0 Å². The van der Waals surface area contributed by atoms with Crippen molar-refractivity contribution in [3.8, 4) is 0 Å². The molecular weight excluding hydrogens is 320 g/mol. The summed E-state index contributed by atoms with van der Waals surface area (Å²) < 4.78 is 1.17. The summed E-state index contributed by atoms with van der Waals surface area (Å²) in [6, 6.07) is 4.63. The van der Waals surface area contributed by atoms with Crippen LogP contribution in [0.4, 0.5) is 0 Å². The fraction of sp³-hybridized carbons (Fsp3) is 0.500. The highest BCUT2D eigenvalue weighted by molar-refractivity contribution is 9.10. The Morgan fingerprint density at radius 3 is 1.38 bits per heavy atom. The van der Waals surface area contributed by atoms with Crippen molar-refractivity contribution in [3.05, 3.63) is 58.6 Å². The van der Waals surface area contributed by atoms with E-state index in [1.807, 2.05) is 12.2 Å². The number of hydrogen-bond donors (Lipinski definition) is 0. The highest BCUT2D eigenvalue weighted by atomic mass is 79.9. The zero-order valence-corrected chi connectivity index (χ0v) is 16.2. The Balaban J connectivity index is 3.79. The van der Waals surface area contributed by atoms with Crippen LogP contribution < -0.4 is 0 Å². The Bertz CT molecular complexity index is 513. The van der Waals surface area contributed by atoms with Gasteiger partial charge in [-0.3, -0.25) is 0 Å². The molecule has 0 heterocycles. The van der Waals surface area contributed by atoms with Gasteiger partial charge in [0.1, 0.15) is 0 Å². The summed E-state index contributed by atoms with van der Waals surface area (Å²) in [5, 5.41) is 0. The van der Waals surface area contributed by atoms with Crippen LogP contribution in [-0.4, -0.2) is 0 Å². The van der Waals surface area contributed by atoms with Gasteiger partial charge < -0.3 is 0 Å². The van der Waals surface area contributed by atoms with E-state index in [0.717, 1.165) is 0 Å². The maximum Gasteiger partial charge on any atom is 0.0256 e. The van der Waals surface area contributed by atoms with Gasteiger partial charge in [0.05, 0.1) is 0 Å². The highest BCUT2D eigenvalue weighted by Crippen LogP contribution is 2.41. The molecule has 0 aliphatic heterocycles. The van der Waals surface area contributed by atoms with Crippen molar-refractivity contribution in [1.82, 2.24) is 0 Å². The summed E-state index contributed by atoms with van der Waals surface area (Å²) in [6.45, 7) is 23.6. The van der Waals surface area contributed by atoms with E-state index < -0.39 is 0 Å². The van der Waals surface area contributed by atoms with E-state index in [2.05, 4.69) is 89.7 Å². The third kappa shape index (κ3) is 3.69. The smallest absolute Gasteiger partial charge is 0.0256 e. The van der Waals surface area contributed by atoms with Gasteiger partial charge in [-0.25, -0.2) is 0 Å². The van der Waals surface area contributed by atoms with E-state index in [4.69, 9.17) is 0 Å². The Morgan fingerprint density at radius 2 is 1.14 bits per heavy atom. The summed E-state index contributed by atoms with van der Waals surface area (Å²) in [6.07, 6.45) is 4.04. The average molecular weight is 349 g/mol. The second-order valence-corrected chi connectivity index (χ2v) is 8.78. The molecule has 0 unspecified atom stereocenters. The molecule has 0 amide bonds. The van der Waals surface area contributed by atoms with Crippen LogP contribution in [0.2, 0.25) is 0 Å². The molecule has 0 aliphatic rings. The van der Waals surface area contributed by atoms with E-state index in [1.165, 1.54) is 21.2 Å². The van der Waals surface area contributed by atoms with Crippen LogP contribution in [0.15, 0.2) is 41.9 Å². The lowest BCUT2D eigenvalue weighted by Gasteiger charge is -2.32. The summed E-state index contributed by atoms with van der Waals surface area (Å²) in [5.74, 6) is 0. The van der Waals surface area contributed by atoms with Crippen LogP contribution in [0.25, 0.3) is 0 Å². The van der Waals surface area contributed by atoms with Crippen molar-refractivity contribution in [2.24, 2.45) is 0 Å². The monoisotopic (exact) mass is 348 g/mol. The summed E-state index contributed by atoms with van der Waals surface area (Å²) >= 11 is 3.84. The first-order chi connectivity index (χ1) is 9.36. The molecule has 0 aromatic heterocycles. The van der Waals surface area contributed by atoms with Crippen LogP contribution in [-0.2, 0) is 16.2 Å². The first-order valence-electron chi connectivity index (χ1n) is 7.49. The predicted molar refractivity (Wildman–Crippen MR) is 99.3 cm³/mol. The molecule has 0 nitrogen and oxygen atoms in total. The lowest BCUT2D eigenvalue weighted by atomic mass is 9.74. The Labute approximate surface area is 139 Å². The molecular formula is C20H29Br. The standard InChI is InChI=1S/C20H29Br/c1-10-19(6,7)15-12-14(18(3,4)5)13-16(17(15)21)20(8,9)11-2/h10-13H,1-2H2,3-9H3. The van der Waals surface area contributed by atoms with Gasteiger partial charge in [-0.1, -0.05) is 88.7 Å². The lowest BCUT2D eigenvalue weighted by Crippen LogP contribution is -2.23. The minimum atomic E-state index is -0.0773. The van der Waals surface area contributed by atoms with Gasteiger partial charge in [0.25, 0.3) is 0 Å². The van der Waals surface area contributed by atoms with Crippen molar-refractivity contribution in [3.63, 3.8) is 0 Å². The molecule has 21 heavy (non-hydrogen) atoms. The van der Waals surface area contributed by atoms with Crippen LogP contribution >= 0.6 is 15.9 Å². The molecule has 1 heteroatoms. The molecule has 1 aromatic carbocycles. The molecule has 0 fully saturated rings. The van der Waals surface area contributed by atoms with Crippen LogP contribution in [0.1, 0.15) is 65.2 Å². The van der Waals surface area contributed by atoms with Crippen molar-refractivity contribution in [1.29, 1.82) is 0 Å². The Morgan fingerprint density at radius 1 is 0.810 bits per heavy atom. The highest BCUT2D eigenvalue weighted by Gasteiger charge is 2.29. The van der Waals surface area contributed by atoms with Gasteiger partial charge in [-0.15, -0.1) is 13.2 Å². The predicted octanol–water partition coefficient (Wildman–Crippen LogP) is 6.67. The first-order valence-corrected chi connectivity index (χ1v) is 8.28. The molecule has 1 rings (SSSR count). The first kappa shape index (κ1) is 18.2. The number of hydrogen-bond acceptors (Lipinski definition) is 0. The van der Waals surface area contributed by atoms with Gasteiger partial charge in [0, 0.05) is 15.3 Å². The van der Waals surface area contributed by atoms with E-state index in [0.29, 0.717) is 0 Å². The molecule has 0 bridgehead atoms. The van der Waals surface area contributed by atoms with E-state index in [9.17, 15) is 0 Å². The number of rotatable bonds is 4. The van der Waals surface area contributed by atoms with Crippen molar-refractivity contribution < 1.29 is 0 Å². The minimum Gasteiger partial charge on any atom is -0.102 e. The van der Waals surface area contributed by atoms with E-state index in [-0.39, 0.29) is 16.2 Å². The van der Waals surface area contributed by atoms with Crippen molar-refractivity contribution in [2.75, 3.05) is 0 Å². The fourth-order valence-electron chi connectivity index (χ4n) is 2.22. The third-order valence-electron chi connectivity index (χ3n) is 4.35. The summed E-state index contributed by atoms with van der Waals surface area (Å²) in [7, 11) is 0. The lowest BCUT2D eigenvalue weighted by molar-refractivity contribution is 0.575. The zero-order valence-electron chi connectivity index (χ0n) is 14.6. The molecule has 0 radical (unpaired) electrons. The number of allylic oxidation sites excluding steroid dienone is 2. The van der Waals surface area contributed by atoms with Crippen molar-refractivity contribution in [2.45, 2.75) is 64.7 Å². The third-order valence-corrected chi connectivity index (χ3v) is 5.20. The normalized spacial score (nSPS) is 13.1. The van der Waals surface area contributed by atoms with Crippen LogP contribution in [0.5, 0.6) is 0 Å². The van der Waals surface area contributed by atoms with Gasteiger partial charge >= 0.3 is 0 Å². The second-order valence-electron chi connectivity index (χ2n) is 7.99. The molecule has 1 aromatic rings. The summed E-state index contributed by atoms with van der Waals surface area (Å²) in [5.41, 5.74) is 3.88. The fourth-order valence-corrected chi connectivity index (χ4v) is 3.47. The van der Waals surface area contributed by atoms with Gasteiger partial charge in [-0.2, -0.15) is 0 Å². The topological polar surface area (TPSA) is 0 Å². The number of halogens is 1. The van der Waals surface area contributed by atoms with Gasteiger partial charge in [0.15, 0.2) is 0 Å². The van der Waals surface area contributed by atoms with E-state index in [1.54, 1.807) is 0 Å². The number of benzene rings is 1. The maximum absolute atomic E-state index is 4.01. The molecule has 116 valence electrons. The largest absolute Gasteiger partial charge is 0.102 e. The molecule has 0 N–H and O–H groups in total. The maximum atomic E-state index is 4.01. The van der Waals surface area contributed by atoms with Gasteiger partial charge in [-0.05, 0) is 22.1 Å². The van der Waals surface area contributed by atoms with E-state index >= 15 is 0 Å².